The van der Waals surface area contributed by atoms with E-state index in [0.717, 1.165) is 31.4 Å². The van der Waals surface area contributed by atoms with Gasteiger partial charge in [0.15, 0.2) is 0 Å². The third-order valence-electron chi connectivity index (χ3n) is 7.10. The lowest BCUT2D eigenvalue weighted by Gasteiger charge is -2.35. The van der Waals surface area contributed by atoms with E-state index < -0.39 is 24.0 Å². The molecule has 0 spiro atoms. The van der Waals surface area contributed by atoms with Crippen LogP contribution in [0.25, 0.3) is 0 Å². The molecule has 0 aromatic heterocycles. The minimum absolute atomic E-state index is 0.0427. The maximum Gasteiger partial charge on any atom is 0.412 e. The zero-order valence-electron chi connectivity index (χ0n) is 20.5. The molecule has 2 N–H and O–H groups in total. The Bertz CT molecular complexity index is 723. The van der Waals surface area contributed by atoms with Crippen molar-refractivity contribution in [3.05, 3.63) is 35.9 Å². The smallest absolute Gasteiger partial charge is 0.412 e. The first-order valence-electron chi connectivity index (χ1n) is 12.5. The molecule has 1 heterocycles. The summed E-state index contributed by atoms with van der Waals surface area (Å²) in [5.74, 6) is 0.514. The molecule has 2 aliphatic rings. The van der Waals surface area contributed by atoms with E-state index in [2.05, 4.69) is 0 Å². The van der Waals surface area contributed by atoms with E-state index >= 15 is 0 Å². The lowest BCUT2D eigenvalue weighted by atomic mass is 9.82. The van der Waals surface area contributed by atoms with Crippen LogP contribution in [0.1, 0.15) is 64.9 Å². The fraction of sp³-hybridized carbons (Fsp3) is 0.731. The van der Waals surface area contributed by atoms with Gasteiger partial charge in [0.2, 0.25) is 0 Å². The molecule has 3 rings (SSSR count). The summed E-state index contributed by atoms with van der Waals surface area (Å²) in [5.41, 5.74) is 0.0547. The summed E-state index contributed by atoms with van der Waals surface area (Å²) in [6.07, 6.45) is 5.14. The van der Waals surface area contributed by atoms with E-state index in [1.165, 1.54) is 19.3 Å². The van der Waals surface area contributed by atoms with Gasteiger partial charge in [0.05, 0.1) is 18.8 Å². The summed E-state index contributed by atoms with van der Waals surface area (Å²) in [6, 6.07) is 9.41. The van der Waals surface area contributed by atoms with Crippen molar-refractivity contribution < 1.29 is 24.5 Å². The van der Waals surface area contributed by atoms with Gasteiger partial charge in [0.25, 0.3) is 0 Å². The summed E-state index contributed by atoms with van der Waals surface area (Å²) in [4.78, 5) is 17.1. The molecule has 0 unspecified atom stereocenters. The highest BCUT2D eigenvalue weighted by molar-refractivity contribution is 5.69. The average Bonchev–Trinajstić information content (AvgIpc) is 3.08. The third-order valence-corrected chi connectivity index (χ3v) is 7.10. The van der Waals surface area contributed by atoms with Gasteiger partial charge in [-0.25, -0.2) is 4.79 Å². The monoisotopic (exact) mass is 462 g/mol. The Kier molecular flexibility index (Phi) is 9.56. The van der Waals surface area contributed by atoms with E-state index in [4.69, 9.17) is 9.47 Å². The van der Waals surface area contributed by atoms with E-state index in [1.54, 1.807) is 4.90 Å². The number of rotatable bonds is 10. The van der Waals surface area contributed by atoms with Crippen molar-refractivity contribution >= 4 is 6.09 Å². The molecule has 1 amide bonds. The summed E-state index contributed by atoms with van der Waals surface area (Å²) in [7, 11) is 0. The van der Waals surface area contributed by atoms with Crippen LogP contribution in [0.2, 0.25) is 0 Å². The van der Waals surface area contributed by atoms with Crippen LogP contribution < -0.4 is 0 Å². The van der Waals surface area contributed by atoms with Crippen molar-refractivity contribution in [2.75, 3.05) is 26.2 Å². The van der Waals surface area contributed by atoms with Gasteiger partial charge in [-0.2, -0.15) is 0 Å². The van der Waals surface area contributed by atoms with Gasteiger partial charge in [0.1, 0.15) is 18.4 Å². The number of carbonyl (C=O) groups excluding carboxylic acids is 1. The average molecular weight is 463 g/mol. The fourth-order valence-electron chi connectivity index (χ4n) is 5.39. The Labute approximate surface area is 198 Å². The molecule has 7 nitrogen and oxygen atoms in total. The predicted octanol–water partition coefficient (Wildman–Crippen LogP) is 3.77. The highest BCUT2D eigenvalue weighted by Gasteiger charge is 2.53. The van der Waals surface area contributed by atoms with Crippen molar-refractivity contribution in [3.8, 4) is 0 Å². The lowest BCUT2D eigenvalue weighted by Crippen LogP contribution is -2.51. The molecule has 1 aliphatic carbocycles. The van der Waals surface area contributed by atoms with Crippen molar-refractivity contribution in [1.82, 2.24) is 9.80 Å². The van der Waals surface area contributed by atoms with Crippen LogP contribution in [0.5, 0.6) is 0 Å². The van der Waals surface area contributed by atoms with Gasteiger partial charge in [-0.05, 0) is 38.3 Å². The number of nitrogens with zero attached hydrogens (tertiary/aromatic N) is 2. The Morgan fingerprint density at radius 1 is 1.24 bits per heavy atom. The fourth-order valence-corrected chi connectivity index (χ4v) is 5.39. The topological polar surface area (TPSA) is 82.5 Å². The number of ether oxygens (including phenoxy) is 2. The van der Waals surface area contributed by atoms with E-state index in [0.29, 0.717) is 19.0 Å². The summed E-state index contributed by atoms with van der Waals surface area (Å²) >= 11 is 0. The molecule has 186 valence electrons. The standard InChI is InChI=1S/C26H42N2O5/c1-4-27(15-16-29)18-23(30)24-22(17-20-11-7-5-8-12-20)28(26(2,3)33-24)25(31)32-19-21-13-9-6-10-14-21/h6,9-10,13-14,20,22-24,29-30H,4-5,7-8,11-12,15-19H2,1-3H3/t22-,23+,24-/m0/s1. The molecule has 7 heteroatoms. The van der Waals surface area contributed by atoms with E-state index in [-0.39, 0.29) is 19.3 Å². The molecule has 0 bridgehead atoms. The highest BCUT2D eigenvalue weighted by Crippen LogP contribution is 2.40. The van der Waals surface area contributed by atoms with Crippen LogP contribution in [0, 0.1) is 5.92 Å². The van der Waals surface area contributed by atoms with Crippen molar-refractivity contribution in [2.24, 2.45) is 5.92 Å². The number of aliphatic hydroxyl groups excluding tert-OH is 2. The summed E-state index contributed by atoms with van der Waals surface area (Å²) in [5, 5.41) is 20.5. The Morgan fingerprint density at radius 3 is 2.58 bits per heavy atom. The maximum absolute atomic E-state index is 13.3. The van der Waals surface area contributed by atoms with E-state index in [9.17, 15) is 15.0 Å². The molecule has 1 aromatic carbocycles. The van der Waals surface area contributed by atoms with Gasteiger partial charge >= 0.3 is 6.09 Å². The number of aliphatic hydroxyl groups is 2. The summed E-state index contributed by atoms with van der Waals surface area (Å²) < 4.78 is 12.1. The number of carbonyl (C=O) groups is 1. The number of hydrogen-bond acceptors (Lipinski definition) is 6. The molecule has 1 saturated heterocycles. The quantitative estimate of drug-likeness (QED) is 0.551. The SMILES string of the molecule is CCN(CCO)C[C@@H](O)[C@H]1OC(C)(C)N(C(=O)OCc2ccccc2)[C@H]1CC1CCCCC1. The minimum Gasteiger partial charge on any atom is -0.444 e. The van der Waals surface area contributed by atoms with Gasteiger partial charge < -0.3 is 19.7 Å². The summed E-state index contributed by atoms with van der Waals surface area (Å²) in [6.45, 7) is 7.63. The number of benzene rings is 1. The second kappa shape index (κ2) is 12.2. The van der Waals surface area contributed by atoms with E-state index in [1.807, 2.05) is 56.0 Å². The predicted molar refractivity (Wildman–Crippen MR) is 128 cm³/mol. The van der Waals surface area contributed by atoms with Crippen molar-refractivity contribution in [2.45, 2.75) is 89.9 Å². The Morgan fingerprint density at radius 2 is 1.94 bits per heavy atom. The zero-order chi connectivity index (χ0) is 23.8. The normalized spacial score (nSPS) is 24.2. The highest BCUT2D eigenvalue weighted by atomic mass is 16.6. The molecule has 1 aliphatic heterocycles. The van der Waals surface area contributed by atoms with Crippen LogP contribution in [-0.2, 0) is 16.1 Å². The third kappa shape index (κ3) is 6.92. The van der Waals surface area contributed by atoms with Gasteiger partial charge in [-0.3, -0.25) is 9.80 Å². The molecule has 0 radical (unpaired) electrons. The largest absolute Gasteiger partial charge is 0.444 e. The van der Waals surface area contributed by atoms with Gasteiger partial charge in [0, 0.05) is 13.1 Å². The van der Waals surface area contributed by atoms with Crippen LogP contribution in [0.4, 0.5) is 4.79 Å². The number of likely N-dealkylation sites (N-methyl/N-ethyl adjacent to an activating group) is 1. The lowest BCUT2D eigenvalue weighted by molar-refractivity contribution is -0.104. The minimum atomic E-state index is -0.882. The molecule has 1 aromatic rings. The first kappa shape index (κ1) is 25.9. The first-order chi connectivity index (χ1) is 15.9. The molecule has 2 fully saturated rings. The van der Waals surface area contributed by atoms with Crippen LogP contribution in [0.15, 0.2) is 30.3 Å². The number of hydrogen-bond donors (Lipinski definition) is 2. The van der Waals surface area contributed by atoms with Crippen LogP contribution in [0.3, 0.4) is 0 Å². The number of amides is 1. The van der Waals surface area contributed by atoms with Crippen molar-refractivity contribution in [3.63, 3.8) is 0 Å². The van der Waals surface area contributed by atoms with Crippen molar-refractivity contribution in [1.29, 1.82) is 0 Å². The second-order valence-electron chi connectivity index (χ2n) is 9.93. The molecule has 33 heavy (non-hydrogen) atoms. The van der Waals surface area contributed by atoms with Gasteiger partial charge in [-0.1, -0.05) is 69.4 Å². The second-order valence-corrected chi connectivity index (χ2v) is 9.93. The zero-order valence-corrected chi connectivity index (χ0v) is 20.5. The van der Waals surface area contributed by atoms with Crippen LogP contribution >= 0.6 is 0 Å². The first-order valence-corrected chi connectivity index (χ1v) is 12.5. The Balaban J connectivity index is 1.77. The molecular weight excluding hydrogens is 420 g/mol. The molecular formula is C26H42N2O5. The maximum atomic E-state index is 13.3. The Hall–Kier alpha value is -1.67. The van der Waals surface area contributed by atoms with Gasteiger partial charge in [-0.15, -0.1) is 0 Å². The molecule has 3 atom stereocenters. The van der Waals surface area contributed by atoms with Crippen LogP contribution in [-0.4, -0.2) is 76.3 Å². The molecule has 1 saturated carbocycles.